The molecule has 26 heavy (non-hydrogen) atoms. The van der Waals surface area contributed by atoms with E-state index in [1.54, 1.807) is 0 Å². The normalized spacial score (nSPS) is 27.2. The van der Waals surface area contributed by atoms with Crippen molar-refractivity contribution >= 4 is 5.91 Å². The molecule has 134 valence electrons. The largest absolute Gasteiger partial charge is 0.493 e. The van der Waals surface area contributed by atoms with E-state index in [1.807, 2.05) is 18.1 Å². The van der Waals surface area contributed by atoms with Crippen molar-refractivity contribution in [3.05, 3.63) is 47.8 Å². The molecule has 5 nitrogen and oxygen atoms in total. The molecule has 1 amide bonds. The van der Waals surface area contributed by atoms with Crippen molar-refractivity contribution in [2.24, 2.45) is 0 Å². The average Bonchev–Trinajstić information content (AvgIpc) is 3.38. The Morgan fingerprint density at radius 3 is 2.96 bits per heavy atom. The van der Waals surface area contributed by atoms with E-state index < -0.39 is 0 Å². The molecular formula is C21H23N3O2. The molecule has 0 radical (unpaired) electrons. The van der Waals surface area contributed by atoms with Crippen LogP contribution in [0, 0.1) is 0 Å². The van der Waals surface area contributed by atoms with Crippen LogP contribution in [-0.4, -0.2) is 41.5 Å². The van der Waals surface area contributed by atoms with Gasteiger partial charge in [-0.3, -0.25) is 15.1 Å². The fraction of sp³-hybridized carbons (Fsp3) is 0.429. The second-order valence-electron chi connectivity index (χ2n) is 7.68. The minimum absolute atomic E-state index is 0.142. The summed E-state index contributed by atoms with van der Waals surface area (Å²) < 4.78 is 5.61. The quantitative estimate of drug-likeness (QED) is 0.906. The maximum absolute atomic E-state index is 12.5. The number of carbonyl (C=O) groups is 1. The molecule has 2 aromatic rings. The minimum Gasteiger partial charge on any atom is -0.493 e. The Morgan fingerprint density at radius 1 is 1.23 bits per heavy atom. The molecule has 0 bridgehead atoms. The Morgan fingerprint density at radius 2 is 2.12 bits per heavy atom. The number of nitrogens with zero attached hydrogens (tertiary/aromatic N) is 2. The van der Waals surface area contributed by atoms with Crippen LogP contribution in [0.1, 0.15) is 36.6 Å². The highest BCUT2D eigenvalue weighted by Crippen LogP contribution is 2.39. The number of aromatic nitrogens is 1. The highest BCUT2D eigenvalue weighted by atomic mass is 16.5. The van der Waals surface area contributed by atoms with Crippen molar-refractivity contribution in [1.29, 1.82) is 0 Å². The van der Waals surface area contributed by atoms with Crippen LogP contribution in [-0.2, 0) is 11.2 Å². The van der Waals surface area contributed by atoms with Gasteiger partial charge in [-0.25, -0.2) is 0 Å². The lowest BCUT2D eigenvalue weighted by Gasteiger charge is -2.23. The summed E-state index contributed by atoms with van der Waals surface area (Å²) in [7, 11) is 1.89. The summed E-state index contributed by atoms with van der Waals surface area (Å²) in [4.78, 5) is 19.0. The van der Waals surface area contributed by atoms with Gasteiger partial charge in [-0.05, 0) is 60.2 Å². The number of nitrogens with one attached hydrogen (secondary N) is 1. The lowest BCUT2D eigenvalue weighted by molar-refractivity contribution is -0.131. The molecule has 2 atom stereocenters. The van der Waals surface area contributed by atoms with E-state index in [1.165, 1.54) is 16.7 Å². The molecule has 1 aromatic heterocycles. The number of hydrogen-bond donors (Lipinski definition) is 1. The van der Waals surface area contributed by atoms with Crippen LogP contribution >= 0.6 is 0 Å². The second kappa shape index (κ2) is 5.81. The van der Waals surface area contributed by atoms with E-state index in [2.05, 4.69) is 40.6 Å². The molecule has 5 rings (SSSR count). The third-order valence-corrected chi connectivity index (χ3v) is 6.10. The van der Waals surface area contributed by atoms with Crippen LogP contribution in [0.3, 0.4) is 0 Å². The molecule has 4 heterocycles. The summed E-state index contributed by atoms with van der Waals surface area (Å²) >= 11 is 0. The third-order valence-electron chi connectivity index (χ3n) is 6.10. The van der Waals surface area contributed by atoms with Gasteiger partial charge in [-0.1, -0.05) is 6.07 Å². The standard InChI is InChI=1S/C21H23N3O2/c1-24-10-8-21(20(24)25)7-4-17(23-21)18-13-15(5-9-22-18)14-2-3-19-16(12-14)6-11-26-19/h2-3,5,9,12-13,17,23H,4,6-8,10-11H2,1H3/t17-,21+/m1/s1. The van der Waals surface area contributed by atoms with Gasteiger partial charge in [0, 0.05) is 26.2 Å². The predicted molar refractivity (Wildman–Crippen MR) is 99.0 cm³/mol. The van der Waals surface area contributed by atoms with E-state index in [-0.39, 0.29) is 17.5 Å². The monoisotopic (exact) mass is 349 g/mol. The first-order valence-electron chi connectivity index (χ1n) is 9.40. The SMILES string of the molecule is CN1CC[C@@]2(CC[C@H](c3cc(-c4ccc5c(c4)CCO5)ccn3)N2)C1=O. The van der Waals surface area contributed by atoms with Gasteiger partial charge in [0.25, 0.3) is 0 Å². The minimum atomic E-state index is -0.373. The Kier molecular flexibility index (Phi) is 3.54. The van der Waals surface area contributed by atoms with Gasteiger partial charge in [0.15, 0.2) is 0 Å². The van der Waals surface area contributed by atoms with Gasteiger partial charge in [0.2, 0.25) is 5.91 Å². The van der Waals surface area contributed by atoms with E-state index >= 15 is 0 Å². The molecule has 2 fully saturated rings. The van der Waals surface area contributed by atoms with E-state index in [9.17, 15) is 4.79 Å². The molecule has 0 saturated carbocycles. The number of amides is 1. The van der Waals surface area contributed by atoms with Gasteiger partial charge >= 0.3 is 0 Å². The Hall–Kier alpha value is -2.40. The lowest BCUT2D eigenvalue weighted by Crippen LogP contribution is -2.47. The van der Waals surface area contributed by atoms with E-state index in [0.29, 0.717) is 0 Å². The van der Waals surface area contributed by atoms with Crippen molar-refractivity contribution in [2.75, 3.05) is 20.2 Å². The number of likely N-dealkylation sites (N-methyl/N-ethyl adjacent to an activating group) is 1. The van der Waals surface area contributed by atoms with Gasteiger partial charge in [-0.2, -0.15) is 0 Å². The Labute approximate surface area is 153 Å². The number of carbonyl (C=O) groups excluding carboxylic acids is 1. The number of fused-ring (bicyclic) bond motifs is 1. The molecule has 2 saturated heterocycles. The first-order valence-corrected chi connectivity index (χ1v) is 9.40. The first-order chi connectivity index (χ1) is 12.6. The highest BCUT2D eigenvalue weighted by Gasteiger charge is 2.50. The van der Waals surface area contributed by atoms with Crippen LogP contribution in [0.5, 0.6) is 5.75 Å². The topological polar surface area (TPSA) is 54.5 Å². The third kappa shape index (κ3) is 2.42. The van der Waals surface area contributed by atoms with Crippen LogP contribution in [0.2, 0.25) is 0 Å². The number of pyridine rings is 1. The zero-order valence-electron chi connectivity index (χ0n) is 15.0. The van der Waals surface area contributed by atoms with Crippen molar-refractivity contribution in [2.45, 2.75) is 37.3 Å². The summed E-state index contributed by atoms with van der Waals surface area (Å²) in [5, 5.41) is 3.61. The van der Waals surface area contributed by atoms with Gasteiger partial charge < -0.3 is 9.64 Å². The van der Waals surface area contributed by atoms with Crippen LogP contribution < -0.4 is 10.1 Å². The summed E-state index contributed by atoms with van der Waals surface area (Å²) in [6.45, 7) is 1.61. The fourth-order valence-corrected chi connectivity index (χ4v) is 4.57. The van der Waals surface area contributed by atoms with Crippen LogP contribution in [0.25, 0.3) is 11.1 Å². The molecule has 3 aliphatic heterocycles. The summed E-state index contributed by atoms with van der Waals surface area (Å²) in [5.41, 5.74) is 4.30. The lowest BCUT2D eigenvalue weighted by atomic mass is 9.96. The Bertz CT molecular complexity index is 881. The fourth-order valence-electron chi connectivity index (χ4n) is 4.57. The number of hydrogen-bond acceptors (Lipinski definition) is 4. The van der Waals surface area contributed by atoms with Gasteiger partial charge in [0.1, 0.15) is 11.3 Å². The molecule has 3 aliphatic rings. The van der Waals surface area contributed by atoms with E-state index in [4.69, 9.17) is 4.74 Å². The first kappa shape index (κ1) is 15.8. The van der Waals surface area contributed by atoms with Crippen LogP contribution in [0.15, 0.2) is 36.5 Å². The van der Waals surface area contributed by atoms with E-state index in [0.717, 1.165) is 50.3 Å². The molecule has 5 heteroatoms. The smallest absolute Gasteiger partial charge is 0.242 e. The number of benzene rings is 1. The maximum Gasteiger partial charge on any atom is 0.242 e. The zero-order valence-corrected chi connectivity index (χ0v) is 15.0. The molecule has 1 N–H and O–H groups in total. The average molecular weight is 349 g/mol. The predicted octanol–water partition coefficient (Wildman–Crippen LogP) is 2.71. The molecule has 1 aromatic carbocycles. The van der Waals surface area contributed by atoms with Crippen LogP contribution in [0.4, 0.5) is 0 Å². The van der Waals surface area contributed by atoms with Crippen molar-refractivity contribution < 1.29 is 9.53 Å². The molecule has 0 unspecified atom stereocenters. The van der Waals surface area contributed by atoms with Crippen molar-refractivity contribution in [3.8, 4) is 16.9 Å². The Balaban J connectivity index is 1.42. The number of likely N-dealkylation sites (tertiary alicyclic amines) is 1. The second-order valence-corrected chi connectivity index (χ2v) is 7.68. The highest BCUT2D eigenvalue weighted by molar-refractivity contribution is 5.88. The number of rotatable bonds is 2. The molecule has 0 aliphatic carbocycles. The number of ether oxygens (including phenoxy) is 1. The molecular weight excluding hydrogens is 326 g/mol. The van der Waals surface area contributed by atoms with Crippen molar-refractivity contribution in [1.82, 2.24) is 15.2 Å². The summed E-state index contributed by atoms with van der Waals surface area (Å²) in [6.07, 6.45) is 5.59. The summed E-state index contributed by atoms with van der Waals surface area (Å²) in [6, 6.07) is 10.8. The van der Waals surface area contributed by atoms with Gasteiger partial charge in [-0.15, -0.1) is 0 Å². The van der Waals surface area contributed by atoms with Gasteiger partial charge in [0.05, 0.1) is 18.3 Å². The maximum atomic E-state index is 12.5. The summed E-state index contributed by atoms with van der Waals surface area (Å²) in [5.74, 6) is 1.24. The molecule has 1 spiro atoms. The van der Waals surface area contributed by atoms with Crippen molar-refractivity contribution in [3.63, 3.8) is 0 Å². The zero-order chi connectivity index (χ0) is 17.7.